The number of aryl methyl sites for hydroxylation is 1. The van der Waals surface area contributed by atoms with Crippen molar-refractivity contribution >= 4 is 11.6 Å². The van der Waals surface area contributed by atoms with Crippen LogP contribution < -0.4 is 0 Å². The molecular weight excluding hydrogens is 340 g/mol. The van der Waals surface area contributed by atoms with Crippen molar-refractivity contribution in [2.45, 2.75) is 39.4 Å². The van der Waals surface area contributed by atoms with E-state index in [9.17, 15) is 0 Å². The molecule has 2 nitrogen and oxygen atoms in total. The average Bonchev–Trinajstić information content (AvgIpc) is 2.93. The molecule has 0 amide bonds. The fourth-order valence-corrected chi connectivity index (χ4v) is 4.33. The monoisotopic (exact) mass is 364 g/mol. The summed E-state index contributed by atoms with van der Waals surface area (Å²) in [6.45, 7) is 8.65. The molecule has 0 saturated carbocycles. The molecule has 2 heterocycles. The Labute approximate surface area is 161 Å². The van der Waals surface area contributed by atoms with Gasteiger partial charge in [-0.2, -0.15) is 0 Å². The van der Waals surface area contributed by atoms with Gasteiger partial charge < -0.3 is 4.57 Å². The maximum atomic E-state index is 6.03. The lowest BCUT2D eigenvalue weighted by Crippen LogP contribution is -2.33. The van der Waals surface area contributed by atoms with Crippen molar-refractivity contribution in [1.29, 1.82) is 0 Å². The van der Waals surface area contributed by atoms with E-state index in [4.69, 9.17) is 11.6 Å². The third kappa shape index (κ3) is 3.58. The Kier molecular flexibility index (Phi) is 4.88. The minimum absolute atomic E-state index is 0.531. The fraction of sp³-hybridized carbons (Fsp3) is 0.304. The number of nitrogens with zero attached hydrogens (tertiary/aromatic N) is 2. The lowest BCUT2D eigenvalue weighted by atomic mass is 9.97. The van der Waals surface area contributed by atoms with Gasteiger partial charge in [-0.25, -0.2) is 0 Å². The Balaban J connectivity index is 1.57. The lowest BCUT2D eigenvalue weighted by Gasteiger charge is -2.32. The second-order valence-corrected chi connectivity index (χ2v) is 7.90. The SMILES string of the molecule is Cc1cc2c(n1Cc1ccc(Cl)cc1)C(C)CN(Cc1ccccc1)C2. The van der Waals surface area contributed by atoms with Crippen molar-refractivity contribution in [3.05, 3.63) is 93.8 Å². The Morgan fingerprint density at radius 3 is 2.38 bits per heavy atom. The van der Waals surface area contributed by atoms with E-state index >= 15 is 0 Å². The highest BCUT2D eigenvalue weighted by Gasteiger charge is 2.26. The van der Waals surface area contributed by atoms with E-state index in [-0.39, 0.29) is 0 Å². The lowest BCUT2D eigenvalue weighted by molar-refractivity contribution is 0.223. The predicted octanol–water partition coefficient (Wildman–Crippen LogP) is 5.62. The Morgan fingerprint density at radius 2 is 1.65 bits per heavy atom. The van der Waals surface area contributed by atoms with Crippen LogP contribution in [0.5, 0.6) is 0 Å². The minimum atomic E-state index is 0.531. The van der Waals surface area contributed by atoms with Crippen molar-refractivity contribution in [3.8, 4) is 0 Å². The van der Waals surface area contributed by atoms with Crippen LogP contribution >= 0.6 is 11.6 Å². The number of halogens is 1. The van der Waals surface area contributed by atoms with Gasteiger partial charge in [0.1, 0.15) is 0 Å². The van der Waals surface area contributed by atoms with Gasteiger partial charge in [0.2, 0.25) is 0 Å². The molecule has 4 rings (SSSR count). The Bertz CT molecular complexity index is 881. The molecule has 0 fully saturated rings. The van der Waals surface area contributed by atoms with Gasteiger partial charge in [0.25, 0.3) is 0 Å². The second kappa shape index (κ2) is 7.30. The number of aromatic nitrogens is 1. The molecule has 0 radical (unpaired) electrons. The zero-order valence-corrected chi connectivity index (χ0v) is 16.2. The Hall–Kier alpha value is -2.03. The van der Waals surface area contributed by atoms with Gasteiger partial charge in [-0.15, -0.1) is 0 Å². The Morgan fingerprint density at radius 1 is 0.962 bits per heavy atom. The average molecular weight is 365 g/mol. The van der Waals surface area contributed by atoms with E-state index < -0.39 is 0 Å². The molecule has 134 valence electrons. The fourth-order valence-electron chi connectivity index (χ4n) is 4.20. The molecular formula is C23H25ClN2. The van der Waals surface area contributed by atoms with Crippen LogP contribution in [0.15, 0.2) is 60.7 Å². The van der Waals surface area contributed by atoms with Gasteiger partial charge in [-0.3, -0.25) is 4.90 Å². The summed E-state index contributed by atoms with van der Waals surface area (Å²) in [5.41, 5.74) is 7.02. The molecule has 2 aromatic carbocycles. The van der Waals surface area contributed by atoms with Gasteiger partial charge in [0, 0.05) is 48.5 Å². The van der Waals surface area contributed by atoms with Gasteiger partial charge in [0.15, 0.2) is 0 Å². The maximum Gasteiger partial charge on any atom is 0.0475 e. The van der Waals surface area contributed by atoms with E-state index in [0.29, 0.717) is 5.92 Å². The van der Waals surface area contributed by atoms with E-state index in [0.717, 1.165) is 31.2 Å². The zero-order chi connectivity index (χ0) is 18.1. The third-order valence-electron chi connectivity index (χ3n) is 5.32. The van der Waals surface area contributed by atoms with Crippen molar-refractivity contribution in [2.75, 3.05) is 6.54 Å². The third-order valence-corrected chi connectivity index (χ3v) is 5.58. The summed E-state index contributed by atoms with van der Waals surface area (Å²) in [6.07, 6.45) is 0. The summed E-state index contributed by atoms with van der Waals surface area (Å²) in [4.78, 5) is 2.56. The highest BCUT2D eigenvalue weighted by molar-refractivity contribution is 6.30. The van der Waals surface area contributed by atoms with Gasteiger partial charge in [0.05, 0.1) is 0 Å². The van der Waals surface area contributed by atoms with Crippen LogP contribution in [0.25, 0.3) is 0 Å². The van der Waals surface area contributed by atoms with E-state index in [2.05, 4.69) is 71.8 Å². The molecule has 0 spiro atoms. The number of benzene rings is 2. The number of rotatable bonds is 4. The second-order valence-electron chi connectivity index (χ2n) is 7.47. The molecule has 0 bridgehead atoms. The smallest absolute Gasteiger partial charge is 0.0475 e. The van der Waals surface area contributed by atoms with E-state index in [1.807, 2.05) is 12.1 Å². The normalized spacial score (nSPS) is 17.3. The number of hydrogen-bond donors (Lipinski definition) is 0. The van der Waals surface area contributed by atoms with Crippen molar-refractivity contribution in [3.63, 3.8) is 0 Å². The molecule has 1 unspecified atom stereocenters. The molecule has 3 heteroatoms. The first-order valence-electron chi connectivity index (χ1n) is 9.30. The summed E-state index contributed by atoms with van der Waals surface area (Å²) >= 11 is 6.03. The van der Waals surface area contributed by atoms with Crippen molar-refractivity contribution in [2.24, 2.45) is 0 Å². The molecule has 26 heavy (non-hydrogen) atoms. The van der Waals surface area contributed by atoms with Crippen molar-refractivity contribution < 1.29 is 0 Å². The summed E-state index contributed by atoms with van der Waals surface area (Å²) in [5.74, 6) is 0.531. The highest BCUT2D eigenvalue weighted by Crippen LogP contribution is 2.32. The molecule has 1 aliphatic rings. The van der Waals surface area contributed by atoms with Crippen LogP contribution in [0, 0.1) is 6.92 Å². The van der Waals surface area contributed by atoms with Crippen LogP contribution in [-0.4, -0.2) is 16.0 Å². The number of hydrogen-bond acceptors (Lipinski definition) is 1. The summed E-state index contributed by atoms with van der Waals surface area (Å²) in [7, 11) is 0. The first-order chi connectivity index (χ1) is 12.6. The first kappa shape index (κ1) is 17.4. The molecule has 0 aliphatic carbocycles. The van der Waals surface area contributed by atoms with Crippen molar-refractivity contribution in [1.82, 2.24) is 9.47 Å². The van der Waals surface area contributed by atoms with Crippen LogP contribution in [0.2, 0.25) is 5.02 Å². The zero-order valence-electron chi connectivity index (χ0n) is 15.5. The molecule has 1 aliphatic heterocycles. The predicted molar refractivity (Wildman–Crippen MR) is 109 cm³/mol. The molecule has 0 saturated heterocycles. The molecule has 1 atom stereocenters. The van der Waals surface area contributed by atoms with Crippen LogP contribution in [0.3, 0.4) is 0 Å². The van der Waals surface area contributed by atoms with Gasteiger partial charge in [-0.1, -0.05) is 61.0 Å². The maximum absolute atomic E-state index is 6.03. The van der Waals surface area contributed by atoms with Gasteiger partial charge >= 0.3 is 0 Å². The van der Waals surface area contributed by atoms with E-state index in [1.165, 1.54) is 28.1 Å². The summed E-state index contributed by atoms with van der Waals surface area (Å²) in [5, 5.41) is 0.796. The molecule has 0 N–H and O–H groups in total. The van der Waals surface area contributed by atoms with Crippen LogP contribution in [0.4, 0.5) is 0 Å². The van der Waals surface area contributed by atoms with Gasteiger partial charge in [-0.05, 0) is 41.8 Å². The summed E-state index contributed by atoms with van der Waals surface area (Å²) in [6, 6.07) is 21.4. The minimum Gasteiger partial charge on any atom is -0.344 e. The van der Waals surface area contributed by atoms with Crippen LogP contribution in [-0.2, 0) is 19.6 Å². The number of fused-ring (bicyclic) bond motifs is 1. The van der Waals surface area contributed by atoms with E-state index in [1.54, 1.807) is 0 Å². The largest absolute Gasteiger partial charge is 0.344 e. The molecule has 1 aromatic heterocycles. The summed E-state index contributed by atoms with van der Waals surface area (Å²) < 4.78 is 2.49. The highest BCUT2D eigenvalue weighted by atomic mass is 35.5. The standard InChI is InChI=1S/C23H25ClN2/c1-17-13-25(14-19-6-4-3-5-7-19)16-21-12-18(2)26(23(17)21)15-20-8-10-22(24)11-9-20/h3-12,17H,13-16H2,1-2H3. The van der Waals surface area contributed by atoms with Crippen LogP contribution in [0.1, 0.15) is 40.9 Å². The molecule has 3 aromatic rings. The first-order valence-corrected chi connectivity index (χ1v) is 9.67. The topological polar surface area (TPSA) is 8.17 Å². The quantitative estimate of drug-likeness (QED) is 0.583.